The number of hydrogen-bond donors (Lipinski definition) is 0. The molecule has 1 aliphatic heterocycles. The zero-order chi connectivity index (χ0) is 24.3. The third-order valence-electron chi connectivity index (χ3n) is 5.93. The second-order valence-corrected chi connectivity index (χ2v) is 8.24. The zero-order valence-electron chi connectivity index (χ0n) is 19.9. The maximum atomic E-state index is 13.7. The second-order valence-electron chi connectivity index (χ2n) is 8.24. The molecule has 0 aliphatic carbocycles. The van der Waals surface area contributed by atoms with Gasteiger partial charge in [0.15, 0.2) is 5.78 Å². The van der Waals surface area contributed by atoms with Crippen LogP contribution in [0.15, 0.2) is 36.4 Å². The first kappa shape index (κ1) is 24.3. The summed E-state index contributed by atoms with van der Waals surface area (Å²) in [5, 5.41) is 0. The molecule has 176 valence electrons. The number of amides is 1. The van der Waals surface area contributed by atoms with E-state index in [4.69, 9.17) is 14.2 Å². The highest BCUT2D eigenvalue weighted by molar-refractivity contribution is 6.44. The number of likely N-dealkylation sites (N-methyl/N-ethyl adjacent to an activating group) is 1. The average molecular weight is 455 g/mol. The number of hydrogen-bond acceptors (Lipinski definition) is 7. The number of Topliss-reactive ketones (excluding diaryl/α,β-unsaturated/α-hetero) is 2. The van der Waals surface area contributed by atoms with Gasteiger partial charge in [0.05, 0.1) is 27.4 Å². The van der Waals surface area contributed by atoms with E-state index in [9.17, 15) is 14.4 Å². The number of ketones is 2. The van der Waals surface area contributed by atoms with Crippen LogP contribution in [0.4, 0.5) is 0 Å². The molecule has 2 atom stereocenters. The third-order valence-corrected chi connectivity index (χ3v) is 5.93. The number of ether oxygens (including phenoxy) is 3. The molecule has 1 heterocycles. The average Bonchev–Trinajstić information content (AvgIpc) is 3.06. The largest absolute Gasteiger partial charge is 0.497 e. The van der Waals surface area contributed by atoms with Crippen LogP contribution in [0.3, 0.4) is 0 Å². The van der Waals surface area contributed by atoms with Crippen LogP contribution in [0.1, 0.15) is 27.5 Å². The monoisotopic (exact) mass is 454 g/mol. The quantitative estimate of drug-likeness (QED) is 0.327. The standard InChI is InChI=1S/C25H30N2O6/c1-15-13-16(31-4)7-9-18(15)23(28)21-22(19-14-17(32-5)8-10-20(19)33-6)27(12-11-26(2)3)25(30)24(21)29/h7-10,13-14,21-22H,11-12H2,1-6H3. The van der Waals surface area contributed by atoms with Gasteiger partial charge in [-0.05, 0) is 63.0 Å². The molecule has 0 saturated carbocycles. The van der Waals surface area contributed by atoms with Gasteiger partial charge in [0.2, 0.25) is 5.78 Å². The summed E-state index contributed by atoms with van der Waals surface area (Å²) in [6.07, 6.45) is 0. The number of likely N-dealkylation sites (tertiary alicyclic amines) is 1. The van der Waals surface area contributed by atoms with Crippen molar-refractivity contribution in [2.24, 2.45) is 5.92 Å². The Bertz CT molecular complexity index is 1060. The van der Waals surface area contributed by atoms with E-state index in [1.807, 2.05) is 19.0 Å². The van der Waals surface area contributed by atoms with Gasteiger partial charge < -0.3 is 24.0 Å². The van der Waals surface area contributed by atoms with Gasteiger partial charge in [-0.25, -0.2) is 0 Å². The Morgan fingerprint density at radius 1 is 0.970 bits per heavy atom. The first-order chi connectivity index (χ1) is 15.7. The fourth-order valence-electron chi connectivity index (χ4n) is 4.16. The Balaban J connectivity index is 2.15. The van der Waals surface area contributed by atoms with Crippen LogP contribution >= 0.6 is 0 Å². The van der Waals surface area contributed by atoms with Crippen LogP contribution in [-0.2, 0) is 9.59 Å². The number of carbonyl (C=O) groups is 3. The van der Waals surface area contributed by atoms with Crippen LogP contribution in [0.5, 0.6) is 17.2 Å². The number of nitrogens with zero attached hydrogens (tertiary/aromatic N) is 2. The highest BCUT2D eigenvalue weighted by Crippen LogP contribution is 2.43. The maximum Gasteiger partial charge on any atom is 0.291 e. The van der Waals surface area contributed by atoms with Crippen LogP contribution in [0.25, 0.3) is 0 Å². The fraction of sp³-hybridized carbons (Fsp3) is 0.400. The number of benzene rings is 2. The molecule has 33 heavy (non-hydrogen) atoms. The van der Waals surface area contributed by atoms with Crippen LogP contribution in [-0.4, -0.2) is 75.8 Å². The molecule has 8 nitrogen and oxygen atoms in total. The van der Waals surface area contributed by atoms with Crippen LogP contribution in [0.2, 0.25) is 0 Å². The predicted molar refractivity (Wildman–Crippen MR) is 123 cm³/mol. The van der Waals surface area contributed by atoms with E-state index in [1.165, 1.54) is 19.1 Å². The normalized spacial score (nSPS) is 18.1. The lowest BCUT2D eigenvalue weighted by Crippen LogP contribution is -2.36. The molecule has 0 spiro atoms. The highest BCUT2D eigenvalue weighted by Gasteiger charge is 2.52. The molecule has 1 amide bonds. The van der Waals surface area contributed by atoms with Gasteiger partial charge in [-0.1, -0.05) is 0 Å². The molecule has 3 rings (SSSR count). The molecule has 2 aromatic carbocycles. The van der Waals surface area contributed by atoms with Gasteiger partial charge in [0.1, 0.15) is 23.2 Å². The van der Waals surface area contributed by atoms with E-state index in [2.05, 4.69) is 0 Å². The van der Waals surface area contributed by atoms with Crippen molar-refractivity contribution in [2.75, 3.05) is 48.5 Å². The minimum atomic E-state index is -1.20. The lowest BCUT2D eigenvalue weighted by atomic mass is 9.84. The topological polar surface area (TPSA) is 85.4 Å². The smallest absolute Gasteiger partial charge is 0.291 e. The zero-order valence-corrected chi connectivity index (χ0v) is 19.9. The number of rotatable bonds is 9. The molecular weight excluding hydrogens is 424 g/mol. The summed E-state index contributed by atoms with van der Waals surface area (Å²) < 4.78 is 16.2. The molecule has 2 unspecified atom stereocenters. The Morgan fingerprint density at radius 3 is 2.18 bits per heavy atom. The molecule has 1 fully saturated rings. The molecule has 0 N–H and O–H groups in total. The van der Waals surface area contributed by atoms with Crippen molar-refractivity contribution in [3.63, 3.8) is 0 Å². The maximum absolute atomic E-state index is 13.7. The Morgan fingerprint density at radius 2 is 1.61 bits per heavy atom. The number of methoxy groups -OCH3 is 3. The van der Waals surface area contributed by atoms with E-state index in [0.29, 0.717) is 40.5 Å². The van der Waals surface area contributed by atoms with Gasteiger partial charge in [0, 0.05) is 24.2 Å². The molecule has 8 heteroatoms. The summed E-state index contributed by atoms with van der Waals surface area (Å²) in [5.41, 5.74) is 1.60. The van der Waals surface area contributed by atoms with Crippen molar-refractivity contribution in [3.05, 3.63) is 53.1 Å². The molecule has 0 radical (unpaired) electrons. The first-order valence-corrected chi connectivity index (χ1v) is 10.6. The van der Waals surface area contributed by atoms with Crippen LogP contribution in [0, 0.1) is 12.8 Å². The highest BCUT2D eigenvalue weighted by atomic mass is 16.5. The predicted octanol–water partition coefficient (Wildman–Crippen LogP) is 2.53. The van der Waals surface area contributed by atoms with Crippen molar-refractivity contribution < 1.29 is 28.6 Å². The van der Waals surface area contributed by atoms with E-state index in [-0.39, 0.29) is 6.54 Å². The molecule has 1 saturated heterocycles. The molecule has 2 aromatic rings. The third kappa shape index (κ3) is 4.71. The number of carbonyl (C=O) groups excluding carboxylic acids is 3. The molecule has 0 aromatic heterocycles. The molecule has 1 aliphatic rings. The SMILES string of the molecule is COc1ccc(C(=O)C2C(=O)C(=O)N(CCN(C)C)C2c2cc(OC)ccc2OC)c(C)c1. The molecular formula is C25H30N2O6. The van der Waals surface area contributed by atoms with E-state index in [1.54, 1.807) is 50.4 Å². The van der Waals surface area contributed by atoms with Crippen LogP contribution < -0.4 is 14.2 Å². The summed E-state index contributed by atoms with van der Waals surface area (Å²) >= 11 is 0. The first-order valence-electron chi connectivity index (χ1n) is 10.6. The summed E-state index contributed by atoms with van der Waals surface area (Å²) in [6.45, 7) is 2.60. The van der Waals surface area contributed by atoms with E-state index >= 15 is 0 Å². The van der Waals surface area contributed by atoms with E-state index < -0.39 is 29.4 Å². The van der Waals surface area contributed by atoms with Gasteiger partial charge in [0.25, 0.3) is 5.91 Å². The lowest BCUT2D eigenvalue weighted by molar-refractivity contribution is -0.140. The summed E-state index contributed by atoms with van der Waals surface area (Å²) in [4.78, 5) is 43.4. The van der Waals surface area contributed by atoms with Gasteiger partial charge in [-0.15, -0.1) is 0 Å². The van der Waals surface area contributed by atoms with Gasteiger partial charge in [-0.2, -0.15) is 0 Å². The Hall–Kier alpha value is -3.39. The van der Waals surface area contributed by atoms with Gasteiger partial charge >= 0.3 is 0 Å². The van der Waals surface area contributed by atoms with Crippen molar-refractivity contribution in [1.29, 1.82) is 0 Å². The fourth-order valence-corrected chi connectivity index (χ4v) is 4.16. The van der Waals surface area contributed by atoms with Crippen molar-refractivity contribution in [3.8, 4) is 17.2 Å². The summed E-state index contributed by atoms with van der Waals surface area (Å²) in [7, 11) is 8.35. The number of aryl methyl sites for hydroxylation is 1. The summed E-state index contributed by atoms with van der Waals surface area (Å²) in [6, 6.07) is 9.40. The summed E-state index contributed by atoms with van der Waals surface area (Å²) in [5.74, 6) is -1.38. The van der Waals surface area contributed by atoms with E-state index in [0.717, 1.165) is 0 Å². The Kier molecular flexibility index (Phi) is 7.38. The Labute approximate surface area is 194 Å². The van der Waals surface area contributed by atoms with Gasteiger partial charge in [-0.3, -0.25) is 14.4 Å². The van der Waals surface area contributed by atoms with Crippen molar-refractivity contribution >= 4 is 17.5 Å². The van der Waals surface area contributed by atoms with Crippen molar-refractivity contribution in [1.82, 2.24) is 9.80 Å². The van der Waals surface area contributed by atoms with Crippen molar-refractivity contribution in [2.45, 2.75) is 13.0 Å². The second kappa shape index (κ2) is 10.0. The molecule has 0 bridgehead atoms. The minimum absolute atomic E-state index is 0.286. The minimum Gasteiger partial charge on any atom is -0.497 e. The lowest BCUT2D eigenvalue weighted by Gasteiger charge is -2.29.